The fraction of sp³-hybridized carbons (Fsp3) is 1.00. The lowest BCUT2D eigenvalue weighted by atomic mass is 10.1. The van der Waals surface area contributed by atoms with Crippen LogP contribution in [-0.4, -0.2) is 24.3 Å². The van der Waals surface area contributed by atoms with E-state index in [2.05, 4.69) is 6.92 Å². The molecule has 0 unspecified atom stereocenters. The van der Waals surface area contributed by atoms with E-state index in [-0.39, 0.29) is 4.65 Å². The maximum absolute atomic E-state index is 12.1. The predicted molar refractivity (Wildman–Crippen MR) is 90.7 cm³/mol. The van der Waals surface area contributed by atoms with Crippen LogP contribution in [0.2, 0.25) is 0 Å². The Labute approximate surface area is 128 Å². The largest absolute Gasteiger partial charge is 0.633 e. The third-order valence-electron chi connectivity index (χ3n) is 4.57. The molecular formula is C18H39NO. The van der Waals surface area contributed by atoms with Gasteiger partial charge in [0, 0.05) is 0 Å². The summed E-state index contributed by atoms with van der Waals surface area (Å²) in [5.41, 5.74) is 0. The number of hydrogen-bond acceptors (Lipinski definition) is 1. The van der Waals surface area contributed by atoms with Crippen LogP contribution in [0.4, 0.5) is 0 Å². The van der Waals surface area contributed by atoms with Crippen LogP contribution in [0.3, 0.4) is 0 Å². The number of quaternary nitrogens is 1. The molecule has 0 heterocycles. The van der Waals surface area contributed by atoms with Gasteiger partial charge in [0.05, 0.1) is 19.6 Å². The molecule has 0 aromatic heterocycles. The molecule has 122 valence electrons. The summed E-state index contributed by atoms with van der Waals surface area (Å²) in [7, 11) is 0. The topological polar surface area (TPSA) is 23.1 Å². The van der Waals surface area contributed by atoms with Gasteiger partial charge in [0.1, 0.15) is 0 Å². The predicted octanol–water partition coefficient (Wildman–Crippen LogP) is 6.04. The van der Waals surface area contributed by atoms with Crippen LogP contribution in [0.5, 0.6) is 0 Å². The normalized spacial score (nSPS) is 12.0. The van der Waals surface area contributed by atoms with Crippen molar-refractivity contribution in [3.05, 3.63) is 5.21 Å². The van der Waals surface area contributed by atoms with Crippen LogP contribution in [0.1, 0.15) is 97.8 Å². The van der Waals surface area contributed by atoms with Gasteiger partial charge in [-0.25, -0.2) is 0 Å². The maximum atomic E-state index is 12.1. The van der Waals surface area contributed by atoms with Crippen LogP contribution >= 0.6 is 0 Å². The fourth-order valence-electron chi connectivity index (χ4n) is 2.78. The average Bonchev–Trinajstić information content (AvgIpc) is 2.48. The van der Waals surface area contributed by atoms with Crippen molar-refractivity contribution in [2.24, 2.45) is 0 Å². The van der Waals surface area contributed by atoms with Gasteiger partial charge in [-0.2, -0.15) is 0 Å². The van der Waals surface area contributed by atoms with Crippen molar-refractivity contribution >= 4 is 0 Å². The molecule has 2 heteroatoms. The molecule has 0 fully saturated rings. The van der Waals surface area contributed by atoms with Crippen LogP contribution in [-0.2, 0) is 0 Å². The Kier molecular flexibility index (Phi) is 13.8. The summed E-state index contributed by atoms with van der Waals surface area (Å²) in [5, 5.41) is 12.1. The Bertz CT molecular complexity index is 190. The second-order valence-corrected chi connectivity index (χ2v) is 6.30. The number of rotatable bonds is 15. The molecule has 0 aromatic rings. The van der Waals surface area contributed by atoms with Crippen molar-refractivity contribution in [2.75, 3.05) is 19.6 Å². The lowest BCUT2D eigenvalue weighted by Gasteiger charge is -2.41. The highest BCUT2D eigenvalue weighted by Gasteiger charge is 2.09. The zero-order valence-electron chi connectivity index (χ0n) is 14.5. The van der Waals surface area contributed by atoms with Gasteiger partial charge in [-0.05, 0) is 26.7 Å². The van der Waals surface area contributed by atoms with Gasteiger partial charge in [-0.3, -0.25) is 0 Å². The molecular weight excluding hydrogens is 246 g/mol. The first-order valence-corrected chi connectivity index (χ1v) is 9.25. The third kappa shape index (κ3) is 11.7. The van der Waals surface area contributed by atoms with E-state index in [1.807, 2.05) is 13.8 Å². The van der Waals surface area contributed by atoms with E-state index in [0.29, 0.717) is 0 Å². The van der Waals surface area contributed by atoms with Gasteiger partial charge in [0.15, 0.2) is 0 Å². The van der Waals surface area contributed by atoms with Crippen molar-refractivity contribution < 1.29 is 4.65 Å². The highest BCUT2D eigenvalue weighted by atomic mass is 16.5. The number of unbranched alkanes of at least 4 members (excludes halogenated alkanes) is 11. The number of nitrogens with zero attached hydrogens (tertiary/aromatic N) is 1. The van der Waals surface area contributed by atoms with E-state index >= 15 is 0 Å². The molecule has 0 bridgehead atoms. The second kappa shape index (κ2) is 13.9. The van der Waals surface area contributed by atoms with Crippen molar-refractivity contribution in [3.8, 4) is 0 Å². The molecule has 0 atom stereocenters. The molecule has 0 saturated carbocycles. The molecule has 0 N–H and O–H groups in total. The van der Waals surface area contributed by atoms with E-state index in [1.54, 1.807) is 0 Å². The summed E-state index contributed by atoms with van der Waals surface area (Å²) >= 11 is 0. The van der Waals surface area contributed by atoms with E-state index in [0.717, 1.165) is 26.1 Å². The van der Waals surface area contributed by atoms with Crippen LogP contribution < -0.4 is 0 Å². The van der Waals surface area contributed by atoms with Gasteiger partial charge < -0.3 is 9.85 Å². The molecule has 0 rings (SSSR count). The zero-order chi connectivity index (χ0) is 15.1. The van der Waals surface area contributed by atoms with Crippen molar-refractivity contribution in [3.63, 3.8) is 0 Å². The van der Waals surface area contributed by atoms with Gasteiger partial charge in [-0.15, -0.1) is 0 Å². The van der Waals surface area contributed by atoms with E-state index in [9.17, 15) is 5.21 Å². The first kappa shape index (κ1) is 19.9. The minimum Gasteiger partial charge on any atom is -0.633 e. The molecule has 0 radical (unpaired) electrons. The van der Waals surface area contributed by atoms with Crippen LogP contribution in [0.25, 0.3) is 0 Å². The molecule has 20 heavy (non-hydrogen) atoms. The summed E-state index contributed by atoms with van der Waals surface area (Å²) in [6, 6.07) is 0. The standard InChI is InChI=1S/C18H39NO/c1-4-7-8-9-10-11-12-13-14-15-16-17-18-19(20,5-2)6-3/h4-18H2,1-3H3. The summed E-state index contributed by atoms with van der Waals surface area (Å²) in [6.07, 6.45) is 16.3. The van der Waals surface area contributed by atoms with E-state index in [4.69, 9.17) is 0 Å². The van der Waals surface area contributed by atoms with Gasteiger partial charge >= 0.3 is 0 Å². The SMILES string of the molecule is CCCCCCCCCCCCCC[N+]([O-])(CC)CC. The average molecular weight is 286 g/mol. The summed E-state index contributed by atoms with van der Waals surface area (Å²) in [4.78, 5) is 0. The van der Waals surface area contributed by atoms with Crippen LogP contribution in [0.15, 0.2) is 0 Å². The Hall–Kier alpha value is -0.0800. The Morgan fingerprint density at radius 1 is 0.550 bits per heavy atom. The van der Waals surface area contributed by atoms with Gasteiger partial charge in [-0.1, -0.05) is 71.1 Å². The van der Waals surface area contributed by atoms with E-state index < -0.39 is 0 Å². The summed E-state index contributed by atoms with van der Waals surface area (Å²) in [6.45, 7) is 8.58. The third-order valence-corrected chi connectivity index (χ3v) is 4.57. The number of hydrogen-bond donors (Lipinski definition) is 0. The summed E-state index contributed by atoms with van der Waals surface area (Å²) < 4.78 is 0.0117. The molecule has 0 aliphatic carbocycles. The van der Waals surface area contributed by atoms with Gasteiger partial charge in [0.25, 0.3) is 0 Å². The highest BCUT2D eigenvalue weighted by Crippen LogP contribution is 2.13. The molecule has 0 aliphatic heterocycles. The second-order valence-electron chi connectivity index (χ2n) is 6.30. The molecule has 0 aliphatic rings. The Balaban J connectivity index is 3.17. The van der Waals surface area contributed by atoms with Crippen molar-refractivity contribution in [2.45, 2.75) is 97.8 Å². The molecule has 0 aromatic carbocycles. The van der Waals surface area contributed by atoms with Crippen molar-refractivity contribution in [1.29, 1.82) is 0 Å². The minimum absolute atomic E-state index is 0.0117. The summed E-state index contributed by atoms with van der Waals surface area (Å²) in [5.74, 6) is 0. The van der Waals surface area contributed by atoms with E-state index in [1.165, 1.54) is 70.6 Å². The maximum Gasteiger partial charge on any atom is 0.0783 e. The smallest absolute Gasteiger partial charge is 0.0783 e. The lowest BCUT2D eigenvalue weighted by molar-refractivity contribution is -0.877. The Morgan fingerprint density at radius 3 is 1.25 bits per heavy atom. The first-order valence-electron chi connectivity index (χ1n) is 9.25. The molecule has 0 amide bonds. The van der Waals surface area contributed by atoms with Gasteiger partial charge in [0.2, 0.25) is 0 Å². The number of hydroxylamine groups is 3. The lowest BCUT2D eigenvalue weighted by Crippen LogP contribution is -2.42. The fourth-order valence-corrected chi connectivity index (χ4v) is 2.78. The molecule has 0 saturated heterocycles. The first-order chi connectivity index (χ1) is 9.68. The van der Waals surface area contributed by atoms with Crippen LogP contribution in [0, 0.1) is 5.21 Å². The Morgan fingerprint density at radius 2 is 0.900 bits per heavy atom. The quantitative estimate of drug-likeness (QED) is 0.204. The molecule has 0 spiro atoms. The molecule has 2 nitrogen and oxygen atoms in total. The zero-order valence-corrected chi connectivity index (χ0v) is 14.5. The highest BCUT2D eigenvalue weighted by molar-refractivity contribution is 4.49. The minimum atomic E-state index is 0.0117. The van der Waals surface area contributed by atoms with Crippen molar-refractivity contribution in [1.82, 2.24) is 0 Å². The monoisotopic (exact) mass is 285 g/mol.